The number of aliphatic imine (C=N–C) groups is 1. The monoisotopic (exact) mass is 498 g/mol. The molecule has 0 saturated heterocycles. The van der Waals surface area contributed by atoms with E-state index in [0.717, 1.165) is 33.4 Å². The zero-order valence-corrected chi connectivity index (χ0v) is 22.3. The number of carboxylic acids is 1. The van der Waals surface area contributed by atoms with Crippen molar-refractivity contribution in [3.05, 3.63) is 88.0 Å². The lowest BCUT2D eigenvalue weighted by Crippen LogP contribution is -2.30. The summed E-state index contributed by atoms with van der Waals surface area (Å²) in [6.45, 7) is 12.2. The van der Waals surface area contributed by atoms with Gasteiger partial charge in [-0.3, -0.25) is 9.79 Å². The van der Waals surface area contributed by atoms with E-state index in [4.69, 9.17) is 4.74 Å². The molecule has 0 bridgehead atoms. The van der Waals surface area contributed by atoms with Gasteiger partial charge in [0.1, 0.15) is 0 Å². The van der Waals surface area contributed by atoms with Gasteiger partial charge in [0, 0.05) is 24.2 Å². The Balaban J connectivity index is 1.95. The van der Waals surface area contributed by atoms with Gasteiger partial charge < -0.3 is 14.7 Å². The summed E-state index contributed by atoms with van der Waals surface area (Å²) in [5, 5.41) is 10.3. The highest BCUT2D eigenvalue weighted by Gasteiger charge is 2.34. The molecule has 0 unspecified atom stereocenters. The van der Waals surface area contributed by atoms with Gasteiger partial charge in [-0.2, -0.15) is 0 Å². The maximum atomic E-state index is 13.1. The number of benzene rings is 3. The molecule has 1 aliphatic rings. The number of nitrogens with zero attached hydrogens (tertiary/aromatic N) is 2. The van der Waals surface area contributed by atoms with Crippen LogP contribution in [-0.4, -0.2) is 33.7 Å². The molecule has 3 aromatic carbocycles. The molecule has 0 saturated carbocycles. The van der Waals surface area contributed by atoms with Crippen molar-refractivity contribution in [1.82, 2.24) is 4.90 Å². The Morgan fingerprint density at radius 2 is 1.68 bits per heavy atom. The van der Waals surface area contributed by atoms with Crippen LogP contribution in [0.4, 0.5) is 5.69 Å². The van der Waals surface area contributed by atoms with Crippen molar-refractivity contribution < 1.29 is 19.4 Å². The molecule has 1 amide bonds. The van der Waals surface area contributed by atoms with Gasteiger partial charge >= 0.3 is 5.97 Å². The Labute approximate surface area is 218 Å². The van der Waals surface area contributed by atoms with Crippen molar-refractivity contribution in [2.24, 2.45) is 4.99 Å². The number of aliphatic carboxylic acids is 1. The normalized spacial score (nSPS) is 14.3. The van der Waals surface area contributed by atoms with Gasteiger partial charge in [0.25, 0.3) is 5.91 Å². The standard InChI is InChI=1S/C31H34N2O4/c1-19-12-14-23(15-13-19)26-20(2)24-18-33(17-22-10-8-7-9-11-22)25(34)16-32-28(24)21(3)27(26)29(30(35)36)37-31(4,5)6/h7-16,29H,17-18H2,1-6H3,(H,35,36)/t29-/m0/s1. The van der Waals surface area contributed by atoms with E-state index < -0.39 is 17.7 Å². The Kier molecular flexibility index (Phi) is 7.32. The molecule has 0 fully saturated rings. The van der Waals surface area contributed by atoms with E-state index in [1.807, 2.05) is 96.1 Å². The van der Waals surface area contributed by atoms with Crippen LogP contribution in [0.1, 0.15) is 60.3 Å². The predicted molar refractivity (Wildman–Crippen MR) is 146 cm³/mol. The van der Waals surface area contributed by atoms with Crippen molar-refractivity contribution in [3.63, 3.8) is 0 Å². The van der Waals surface area contributed by atoms with Crippen LogP contribution in [0.2, 0.25) is 0 Å². The second-order valence-electron chi connectivity index (χ2n) is 10.6. The van der Waals surface area contributed by atoms with Crippen molar-refractivity contribution in [3.8, 4) is 11.1 Å². The van der Waals surface area contributed by atoms with E-state index in [9.17, 15) is 14.7 Å². The Morgan fingerprint density at radius 3 is 2.27 bits per heavy atom. The van der Waals surface area contributed by atoms with E-state index in [0.29, 0.717) is 29.9 Å². The first-order valence-electron chi connectivity index (χ1n) is 12.5. The van der Waals surface area contributed by atoms with Crippen LogP contribution in [0.25, 0.3) is 11.1 Å². The number of hydrogen-bond donors (Lipinski definition) is 1. The lowest BCUT2D eigenvalue weighted by atomic mass is 9.84. The molecule has 0 spiro atoms. The van der Waals surface area contributed by atoms with Gasteiger partial charge in [-0.25, -0.2) is 4.79 Å². The fraction of sp³-hybridized carbons (Fsp3) is 0.323. The van der Waals surface area contributed by atoms with Gasteiger partial charge in [0.05, 0.1) is 17.5 Å². The smallest absolute Gasteiger partial charge is 0.337 e. The Hall–Kier alpha value is -3.77. The summed E-state index contributed by atoms with van der Waals surface area (Å²) in [7, 11) is 0. The molecule has 1 N–H and O–H groups in total. The zero-order chi connectivity index (χ0) is 26.9. The number of carboxylic acid groups (broad SMARTS) is 1. The maximum Gasteiger partial charge on any atom is 0.337 e. The zero-order valence-electron chi connectivity index (χ0n) is 22.3. The fourth-order valence-electron chi connectivity index (χ4n) is 4.85. The van der Waals surface area contributed by atoms with Crippen molar-refractivity contribution in [1.29, 1.82) is 0 Å². The van der Waals surface area contributed by atoms with E-state index in [1.165, 1.54) is 6.21 Å². The minimum Gasteiger partial charge on any atom is -0.479 e. The third-order valence-electron chi connectivity index (χ3n) is 6.62. The van der Waals surface area contributed by atoms with Gasteiger partial charge in [0.15, 0.2) is 6.10 Å². The van der Waals surface area contributed by atoms with Crippen molar-refractivity contribution >= 4 is 23.8 Å². The molecule has 4 rings (SSSR count). The first-order chi connectivity index (χ1) is 17.5. The van der Waals surface area contributed by atoms with Crippen molar-refractivity contribution in [2.45, 2.75) is 66.3 Å². The predicted octanol–water partition coefficient (Wildman–Crippen LogP) is 6.46. The maximum absolute atomic E-state index is 13.1. The Bertz CT molecular complexity index is 1350. The molecular formula is C31H34N2O4. The lowest BCUT2D eigenvalue weighted by molar-refractivity contribution is -0.160. The number of fused-ring (bicyclic) bond motifs is 1. The van der Waals surface area contributed by atoms with E-state index in [-0.39, 0.29) is 5.91 Å². The molecule has 3 aromatic rings. The van der Waals surface area contributed by atoms with Crippen LogP contribution in [0.15, 0.2) is 59.6 Å². The quantitative estimate of drug-likeness (QED) is 0.423. The molecule has 6 nitrogen and oxygen atoms in total. The van der Waals surface area contributed by atoms with Gasteiger partial charge in [0.2, 0.25) is 0 Å². The number of carbonyl (C=O) groups excluding carboxylic acids is 1. The van der Waals surface area contributed by atoms with Crippen molar-refractivity contribution in [2.75, 3.05) is 0 Å². The molecule has 37 heavy (non-hydrogen) atoms. The summed E-state index contributed by atoms with van der Waals surface area (Å²) in [6, 6.07) is 17.9. The molecule has 1 aliphatic heterocycles. The van der Waals surface area contributed by atoms with Crippen LogP contribution in [0.3, 0.4) is 0 Å². The minimum absolute atomic E-state index is 0.182. The average Bonchev–Trinajstić information content (AvgIpc) is 3.00. The molecule has 0 radical (unpaired) electrons. The highest BCUT2D eigenvalue weighted by molar-refractivity contribution is 6.27. The van der Waals surface area contributed by atoms with Gasteiger partial charge in [-0.05, 0) is 69.4 Å². The van der Waals surface area contributed by atoms with Crippen LogP contribution in [-0.2, 0) is 27.4 Å². The Morgan fingerprint density at radius 1 is 1.03 bits per heavy atom. The fourth-order valence-corrected chi connectivity index (χ4v) is 4.85. The molecule has 0 aromatic heterocycles. The minimum atomic E-state index is -1.20. The number of carbonyl (C=O) groups is 2. The molecule has 0 aliphatic carbocycles. The summed E-state index contributed by atoms with van der Waals surface area (Å²) < 4.78 is 6.12. The van der Waals surface area contributed by atoms with Crippen LogP contribution in [0, 0.1) is 20.8 Å². The molecule has 1 heterocycles. The van der Waals surface area contributed by atoms with E-state index in [1.54, 1.807) is 4.90 Å². The molecule has 1 atom stereocenters. The SMILES string of the molecule is Cc1ccc(-c2c(C)c3c(c(C)c2[C@H](OC(C)(C)C)C(=O)O)N=CC(=O)N(Cc2ccccc2)C3)cc1. The molecular weight excluding hydrogens is 464 g/mol. The summed E-state index contributed by atoms with van der Waals surface area (Å²) >= 11 is 0. The first kappa shape index (κ1) is 26.3. The van der Waals surface area contributed by atoms with Crippen LogP contribution in [0.5, 0.6) is 0 Å². The highest BCUT2D eigenvalue weighted by Crippen LogP contribution is 2.45. The number of aryl methyl sites for hydroxylation is 1. The highest BCUT2D eigenvalue weighted by atomic mass is 16.5. The number of rotatable bonds is 6. The van der Waals surface area contributed by atoms with Gasteiger partial charge in [-0.15, -0.1) is 0 Å². The van der Waals surface area contributed by atoms with Gasteiger partial charge in [-0.1, -0.05) is 60.2 Å². The third-order valence-corrected chi connectivity index (χ3v) is 6.62. The summed E-state index contributed by atoms with van der Waals surface area (Å²) in [4.78, 5) is 32.0. The second-order valence-corrected chi connectivity index (χ2v) is 10.6. The largest absolute Gasteiger partial charge is 0.479 e. The van der Waals surface area contributed by atoms with E-state index in [2.05, 4.69) is 4.99 Å². The van der Waals surface area contributed by atoms with Crippen LogP contribution < -0.4 is 0 Å². The van der Waals surface area contributed by atoms with Crippen LogP contribution >= 0.6 is 0 Å². The summed E-state index contributed by atoms with van der Waals surface area (Å²) in [6.07, 6.45) is 0.145. The molecule has 6 heteroatoms. The summed E-state index contributed by atoms with van der Waals surface area (Å²) in [5.41, 5.74) is 6.90. The van der Waals surface area contributed by atoms with E-state index >= 15 is 0 Å². The summed E-state index contributed by atoms with van der Waals surface area (Å²) in [5.74, 6) is -1.25. The number of hydrogen-bond acceptors (Lipinski definition) is 4. The average molecular weight is 499 g/mol. The number of amides is 1. The third kappa shape index (κ3) is 5.65. The lowest BCUT2D eigenvalue weighted by Gasteiger charge is -2.30. The topological polar surface area (TPSA) is 79.2 Å². The molecule has 192 valence electrons. The second kappa shape index (κ2) is 10.3. The number of ether oxygens (including phenoxy) is 1. The first-order valence-corrected chi connectivity index (χ1v) is 12.5.